The highest BCUT2D eigenvalue weighted by molar-refractivity contribution is 7.92. The summed E-state index contributed by atoms with van der Waals surface area (Å²) in [5.41, 5.74) is 2.53. The van der Waals surface area contributed by atoms with Crippen LogP contribution in [0, 0.1) is 0 Å². The Morgan fingerprint density at radius 3 is 2.36 bits per heavy atom. The van der Waals surface area contributed by atoms with Gasteiger partial charge in [0.2, 0.25) is 5.91 Å². The first-order valence-corrected chi connectivity index (χ1v) is 13.3. The van der Waals surface area contributed by atoms with Gasteiger partial charge in [-0.2, -0.15) is 0 Å². The lowest BCUT2D eigenvalue weighted by Crippen LogP contribution is -2.40. The van der Waals surface area contributed by atoms with Crippen molar-refractivity contribution in [3.63, 3.8) is 0 Å². The second-order valence-electron chi connectivity index (χ2n) is 8.51. The van der Waals surface area contributed by atoms with Crippen LogP contribution in [0.2, 0.25) is 0 Å². The van der Waals surface area contributed by atoms with E-state index < -0.39 is 15.9 Å². The van der Waals surface area contributed by atoms with Crippen LogP contribution in [0.4, 0.5) is 5.69 Å². The Balaban J connectivity index is 1.44. The largest absolute Gasteiger partial charge is 0.497 e. The molecule has 1 aliphatic rings. The number of benzene rings is 3. The molecule has 0 aromatic heterocycles. The second kappa shape index (κ2) is 12.0. The maximum Gasteiger partial charge on any atom is 0.264 e. The SMILES string of the molecule is COc1ccc(S(=O)(=O)N(CC(=O)NCc2cccc(CN3CCOCC3)c2)c2ccccc2)cc1. The molecule has 0 saturated carbocycles. The number of nitrogens with zero attached hydrogens (tertiary/aromatic N) is 2. The minimum absolute atomic E-state index is 0.0794. The molecule has 1 heterocycles. The number of morpholine rings is 1. The lowest BCUT2D eigenvalue weighted by Gasteiger charge is -2.26. The Bertz CT molecular complexity index is 1240. The fourth-order valence-electron chi connectivity index (χ4n) is 4.03. The average Bonchev–Trinajstić information content (AvgIpc) is 2.92. The highest BCUT2D eigenvalue weighted by Gasteiger charge is 2.27. The van der Waals surface area contributed by atoms with Crippen molar-refractivity contribution in [3.05, 3.63) is 90.0 Å². The lowest BCUT2D eigenvalue weighted by molar-refractivity contribution is -0.119. The Morgan fingerprint density at radius 1 is 0.972 bits per heavy atom. The average molecular weight is 510 g/mol. The summed E-state index contributed by atoms with van der Waals surface area (Å²) >= 11 is 0. The molecule has 0 bridgehead atoms. The highest BCUT2D eigenvalue weighted by Crippen LogP contribution is 2.25. The fraction of sp³-hybridized carbons (Fsp3) is 0.296. The molecular weight excluding hydrogens is 478 g/mol. The third-order valence-electron chi connectivity index (χ3n) is 5.97. The zero-order chi connectivity index (χ0) is 25.4. The molecule has 190 valence electrons. The van der Waals surface area contributed by atoms with Crippen molar-refractivity contribution in [2.24, 2.45) is 0 Å². The van der Waals surface area contributed by atoms with E-state index in [4.69, 9.17) is 9.47 Å². The van der Waals surface area contributed by atoms with E-state index in [1.54, 1.807) is 42.5 Å². The molecule has 0 atom stereocenters. The van der Waals surface area contributed by atoms with E-state index in [1.807, 2.05) is 12.1 Å². The molecule has 0 radical (unpaired) electrons. The zero-order valence-corrected chi connectivity index (χ0v) is 21.1. The van der Waals surface area contributed by atoms with Crippen LogP contribution in [-0.4, -0.2) is 59.2 Å². The summed E-state index contributed by atoms with van der Waals surface area (Å²) < 4.78 is 38.6. The number of amides is 1. The van der Waals surface area contributed by atoms with Gasteiger partial charge in [0.25, 0.3) is 10.0 Å². The van der Waals surface area contributed by atoms with E-state index in [-0.39, 0.29) is 11.4 Å². The standard InChI is InChI=1S/C27H31N3O5S/c1-34-25-10-12-26(13-11-25)36(32,33)30(24-8-3-2-4-9-24)21-27(31)28-19-22-6-5-7-23(18-22)20-29-14-16-35-17-15-29/h2-13,18H,14-17,19-21H2,1H3,(H,28,31). The molecule has 0 unspecified atom stereocenters. The number of hydrogen-bond donors (Lipinski definition) is 1. The topological polar surface area (TPSA) is 88.2 Å². The number of sulfonamides is 1. The van der Waals surface area contributed by atoms with E-state index >= 15 is 0 Å². The van der Waals surface area contributed by atoms with Gasteiger partial charge in [-0.1, -0.05) is 42.5 Å². The molecule has 8 nitrogen and oxygen atoms in total. The van der Waals surface area contributed by atoms with Crippen molar-refractivity contribution in [2.75, 3.05) is 44.3 Å². The van der Waals surface area contributed by atoms with Crippen LogP contribution < -0.4 is 14.4 Å². The molecule has 1 amide bonds. The number of carbonyl (C=O) groups is 1. The minimum Gasteiger partial charge on any atom is -0.497 e. The van der Waals surface area contributed by atoms with E-state index in [0.717, 1.165) is 48.3 Å². The van der Waals surface area contributed by atoms with E-state index in [9.17, 15) is 13.2 Å². The Kier molecular flexibility index (Phi) is 8.58. The van der Waals surface area contributed by atoms with Gasteiger partial charge in [0.1, 0.15) is 12.3 Å². The first-order valence-electron chi connectivity index (χ1n) is 11.8. The number of para-hydroxylation sites is 1. The molecule has 1 saturated heterocycles. The van der Waals surface area contributed by atoms with E-state index in [2.05, 4.69) is 22.3 Å². The normalized spacial score (nSPS) is 14.2. The molecule has 0 aliphatic carbocycles. The number of nitrogens with one attached hydrogen (secondary N) is 1. The summed E-state index contributed by atoms with van der Waals surface area (Å²) in [5.74, 6) is 0.156. The number of rotatable bonds is 10. The number of carbonyl (C=O) groups excluding carboxylic acids is 1. The van der Waals surface area contributed by atoms with Gasteiger partial charge in [0.15, 0.2) is 0 Å². The van der Waals surface area contributed by atoms with Crippen LogP contribution in [0.25, 0.3) is 0 Å². The summed E-state index contributed by atoms with van der Waals surface area (Å²) in [6.07, 6.45) is 0. The van der Waals surface area contributed by atoms with Gasteiger partial charge >= 0.3 is 0 Å². The molecule has 1 aliphatic heterocycles. The van der Waals surface area contributed by atoms with Crippen molar-refractivity contribution in [2.45, 2.75) is 18.0 Å². The highest BCUT2D eigenvalue weighted by atomic mass is 32.2. The maximum absolute atomic E-state index is 13.5. The molecule has 1 fully saturated rings. The van der Waals surface area contributed by atoms with Crippen LogP contribution in [-0.2, 0) is 32.6 Å². The molecular formula is C27H31N3O5S. The van der Waals surface area contributed by atoms with Crippen molar-refractivity contribution in [1.29, 1.82) is 0 Å². The smallest absolute Gasteiger partial charge is 0.264 e. The summed E-state index contributed by atoms with van der Waals surface area (Å²) in [7, 11) is -2.46. The van der Waals surface area contributed by atoms with Gasteiger partial charge < -0.3 is 14.8 Å². The molecule has 3 aromatic rings. The number of hydrogen-bond acceptors (Lipinski definition) is 6. The third-order valence-corrected chi connectivity index (χ3v) is 7.76. The minimum atomic E-state index is -3.98. The van der Waals surface area contributed by atoms with Crippen LogP contribution in [0.5, 0.6) is 5.75 Å². The predicted molar refractivity (Wildman–Crippen MR) is 138 cm³/mol. The van der Waals surface area contributed by atoms with Crippen molar-refractivity contribution in [3.8, 4) is 5.75 Å². The molecule has 1 N–H and O–H groups in total. The van der Waals surface area contributed by atoms with Crippen LogP contribution >= 0.6 is 0 Å². The molecule has 3 aromatic carbocycles. The van der Waals surface area contributed by atoms with Gasteiger partial charge in [-0.15, -0.1) is 0 Å². The molecule has 4 rings (SSSR count). The summed E-state index contributed by atoms with van der Waals surface area (Å²) in [5, 5.41) is 2.87. The third kappa shape index (κ3) is 6.63. The molecule has 0 spiro atoms. The number of ether oxygens (including phenoxy) is 2. The first-order chi connectivity index (χ1) is 17.5. The van der Waals surface area contributed by atoms with E-state index in [1.165, 1.54) is 19.2 Å². The fourth-order valence-corrected chi connectivity index (χ4v) is 5.45. The van der Waals surface area contributed by atoms with E-state index in [0.29, 0.717) is 18.0 Å². The zero-order valence-electron chi connectivity index (χ0n) is 20.3. The predicted octanol–water partition coefficient (Wildman–Crippen LogP) is 3.04. The van der Waals surface area contributed by atoms with Crippen LogP contribution in [0.15, 0.2) is 83.8 Å². The van der Waals surface area contributed by atoms with Gasteiger partial charge in [-0.05, 0) is 47.5 Å². The van der Waals surface area contributed by atoms with Crippen LogP contribution in [0.3, 0.4) is 0 Å². The molecule has 36 heavy (non-hydrogen) atoms. The van der Waals surface area contributed by atoms with Crippen molar-refractivity contribution in [1.82, 2.24) is 10.2 Å². The first kappa shape index (κ1) is 25.7. The second-order valence-corrected chi connectivity index (χ2v) is 10.4. The van der Waals surface area contributed by atoms with Crippen molar-refractivity contribution < 1.29 is 22.7 Å². The van der Waals surface area contributed by atoms with Crippen molar-refractivity contribution >= 4 is 21.6 Å². The number of anilines is 1. The van der Waals surface area contributed by atoms with Gasteiger partial charge in [-0.25, -0.2) is 8.42 Å². The summed E-state index contributed by atoms with van der Waals surface area (Å²) in [4.78, 5) is 15.3. The number of methoxy groups -OCH3 is 1. The van der Waals surface area contributed by atoms with Gasteiger partial charge in [0, 0.05) is 26.2 Å². The van der Waals surface area contributed by atoms with Gasteiger partial charge in [0.05, 0.1) is 30.9 Å². The van der Waals surface area contributed by atoms with Crippen LogP contribution in [0.1, 0.15) is 11.1 Å². The molecule has 9 heteroatoms. The Morgan fingerprint density at radius 2 is 1.67 bits per heavy atom. The summed E-state index contributed by atoms with van der Waals surface area (Å²) in [6.45, 7) is 4.08. The Labute approximate surface area is 212 Å². The monoisotopic (exact) mass is 509 g/mol. The summed E-state index contributed by atoms with van der Waals surface area (Å²) in [6, 6.07) is 22.8. The Hall–Kier alpha value is -3.40. The van der Waals surface area contributed by atoms with Gasteiger partial charge in [-0.3, -0.25) is 14.0 Å². The quantitative estimate of drug-likeness (QED) is 0.452. The lowest BCUT2D eigenvalue weighted by atomic mass is 10.1. The maximum atomic E-state index is 13.5.